The number of tetrazole rings is 1. The van der Waals surface area contributed by atoms with Gasteiger partial charge in [-0.25, -0.2) is 9.48 Å². The normalized spacial score (nSPS) is 29.5. The van der Waals surface area contributed by atoms with Crippen molar-refractivity contribution in [1.29, 1.82) is 0 Å². The van der Waals surface area contributed by atoms with Gasteiger partial charge in [-0.1, -0.05) is 13.0 Å². The number of carboxylic acids is 1. The molecule has 0 saturated carbocycles. The van der Waals surface area contributed by atoms with Gasteiger partial charge in [0.2, 0.25) is 17.7 Å². The molecule has 6 heterocycles. The van der Waals surface area contributed by atoms with Crippen LogP contribution in [0.2, 0.25) is 0 Å². The Balaban J connectivity index is 1.09. The van der Waals surface area contributed by atoms with E-state index in [0.717, 1.165) is 11.3 Å². The zero-order valence-corrected chi connectivity index (χ0v) is 24.8. The van der Waals surface area contributed by atoms with Gasteiger partial charge in [-0.2, -0.15) is 0 Å². The van der Waals surface area contributed by atoms with Crippen LogP contribution in [0.4, 0.5) is 0 Å². The number of β-lactam (4-membered cyclic amide) rings is 1. The minimum atomic E-state index is -1.15. The Morgan fingerprint density at radius 3 is 2.86 bits per heavy atom. The summed E-state index contributed by atoms with van der Waals surface area (Å²) in [5.41, 5.74) is 5.98. The number of amides is 3. The summed E-state index contributed by atoms with van der Waals surface area (Å²) in [6, 6.07) is 2.50. The number of rotatable bonds is 9. The van der Waals surface area contributed by atoms with E-state index in [1.54, 1.807) is 11.8 Å². The number of thioether (sulfide) groups is 1. The van der Waals surface area contributed by atoms with E-state index in [0.29, 0.717) is 36.8 Å². The molecule has 2 aromatic heterocycles. The number of aliphatic carboxylic acids is 1. The summed E-state index contributed by atoms with van der Waals surface area (Å²) in [6.07, 6.45) is 1.36. The molecule has 0 unspecified atom stereocenters. The van der Waals surface area contributed by atoms with E-state index >= 15 is 0 Å². The number of carboxylic acid groups (broad SMARTS) is 1. The zero-order chi connectivity index (χ0) is 29.7. The van der Waals surface area contributed by atoms with Gasteiger partial charge in [-0.15, -0.1) is 28.2 Å². The van der Waals surface area contributed by atoms with Crippen molar-refractivity contribution in [2.24, 2.45) is 17.6 Å². The number of carbonyl (C=O) groups excluding carboxylic acids is 3. The maximum atomic E-state index is 13.3. The molecule has 2 aromatic rings. The largest absolute Gasteiger partial charge is 0.477 e. The van der Waals surface area contributed by atoms with Gasteiger partial charge in [0.25, 0.3) is 0 Å². The molecule has 4 aliphatic rings. The average molecular weight is 616 g/mol. The highest BCUT2D eigenvalue weighted by molar-refractivity contribution is 8.03. The number of aromatic nitrogens is 4. The third-order valence-corrected chi connectivity index (χ3v) is 10.9. The Bertz CT molecular complexity index is 1430. The van der Waals surface area contributed by atoms with Crippen molar-refractivity contribution < 1.29 is 24.3 Å². The van der Waals surface area contributed by atoms with Gasteiger partial charge in [0, 0.05) is 47.8 Å². The fourth-order valence-corrected chi connectivity index (χ4v) is 8.68. The number of nitrogens with zero attached hydrogens (tertiary/aromatic N) is 6. The molecule has 224 valence electrons. The van der Waals surface area contributed by atoms with Crippen LogP contribution in [0.1, 0.15) is 26.7 Å². The van der Waals surface area contributed by atoms with E-state index in [1.165, 1.54) is 32.7 Å². The number of hydrogen-bond acceptors (Lipinski definition) is 11. The highest BCUT2D eigenvalue weighted by Gasteiger charge is 2.60. The number of carbonyl (C=O) groups is 4. The molecule has 0 aliphatic carbocycles. The van der Waals surface area contributed by atoms with Crippen LogP contribution in [0.3, 0.4) is 0 Å². The molecule has 3 fully saturated rings. The summed E-state index contributed by atoms with van der Waals surface area (Å²) < 4.78 is 1.41. The van der Waals surface area contributed by atoms with Crippen LogP contribution >= 0.6 is 23.1 Å². The van der Waals surface area contributed by atoms with E-state index in [2.05, 4.69) is 26.2 Å². The molecule has 0 bridgehead atoms. The SMILES string of the molecule is C[C@@H](NC(=O)Cn1nnnc1-c1cccs1)[C@H]1C(=O)N2C(C(=O)O)=C(S[C@@H]3CN[C@H](C(=O)N4CC[C@H](N)C4)C3)[C@H](C)[C@H]12. The lowest BCUT2D eigenvalue weighted by Gasteiger charge is -2.47. The van der Waals surface area contributed by atoms with Crippen LogP contribution in [-0.4, -0.2) is 108 Å². The Morgan fingerprint density at radius 1 is 1.36 bits per heavy atom. The van der Waals surface area contributed by atoms with Crippen molar-refractivity contribution in [2.75, 3.05) is 19.6 Å². The molecule has 14 nitrogen and oxygen atoms in total. The molecular weight excluding hydrogens is 582 g/mol. The van der Waals surface area contributed by atoms with Crippen LogP contribution in [0, 0.1) is 11.8 Å². The molecule has 7 atom stereocenters. The number of likely N-dealkylation sites (tertiary alicyclic amines) is 1. The Morgan fingerprint density at radius 2 is 2.17 bits per heavy atom. The molecule has 42 heavy (non-hydrogen) atoms. The molecule has 0 aromatic carbocycles. The van der Waals surface area contributed by atoms with Crippen molar-refractivity contribution in [2.45, 2.75) is 62.7 Å². The molecule has 3 saturated heterocycles. The lowest BCUT2D eigenvalue weighted by atomic mass is 9.78. The van der Waals surface area contributed by atoms with E-state index in [4.69, 9.17) is 5.73 Å². The van der Waals surface area contributed by atoms with Crippen molar-refractivity contribution >= 4 is 46.8 Å². The van der Waals surface area contributed by atoms with Gasteiger partial charge < -0.3 is 31.3 Å². The van der Waals surface area contributed by atoms with E-state index in [9.17, 15) is 24.3 Å². The lowest BCUT2D eigenvalue weighted by molar-refractivity contribution is -0.158. The number of hydrogen-bond donors (Lipinski definition) is 4. The monoisotopic (exact) mass is 615 g/mol. The van der Waals surface area contributed by atoms with Gasteiger partial charge in [0.05, 0.1) is 22.9 Å². The van der Waals surface area contributed by atoms with E-state index in [1.807, 2.05) is 24.4 Å². The molecule has 3 amide bonds. The summed E-state index contributed by atoms with van der Waals surface area (Å²) in [5, 5.41) is 29.8. The van der Waals surface area contributed by atoms with Gasteiger partial charge in [0.1, 0.15) is 12.2 Å². The fourth-order valence-electron chi connectivity index (χ4n) is 6.48. The standard InChI is InChI=1S/C26H33N9O5S2/c1-12-20-19(13(2)29-18(36)11-34-23(30-31-32-34)17-4-3-7-41-17)25(38)35(20)21(26(39)40)22(12)42-15-8-16(28-9-15)24(37)33-6-5-14(27)10-33/h3-4,7,12-16,19-20,28H,5-6,8-11,27H2,1-2H3,(H,29,36)(H,39,40)/t12-,13-,14+,15+,16+,19-,20-/m1/s1. The van der Waals surface area contributed by atoms with Crippen molar-refractivity contribution in [3.05, 3.63) is 28.1 Å². The van der Waals surface area contributed by atoms with Crippen LogP contribution in [0.25, 0.3) is 10.7 Å². The fraction of sp³-hybridized carbons (Fsp3) is 0.577. The van der Waals surface area contributed by atoms with E-state index in [-0.39, 0.29) is 59.3 Å². The van der Waals surface area contributed by atoms with Crippen LogP contribution < -0.4 is 16.4 Å². The van der Waals surface area contributed by atoms with Gasteiger partial charge in [-0.3, -0.25) is 14.4 Å². The second-order valence-corrected chi connectivity index (χ2v) is 13.6. The topological polar surface area (TPSA) is 189 Å². The first-order valence-electron chi connectivity index (χ1n) is 14.0. The van der Waals surface area contributed by atoms with Crippen molar-refractivity contribution in [1.82, 2.24) is 40.6 Å². The summed E-state index contributed by atoms with van der Waals surface area (Å²) in [4.78, 5) is 56.2. The van der Waals surface area contributed by atoms with Crippen molar-refractivity contribution in [3.8, 4) is 10.7 Å². The summed E-state index contributed by atoms with van der Waals surface area (Å²) in [7, 11) is 0. The maximum absolute atomic E-state index is 13.3. The molecule has 5 N–H and O–H groups in total. The summed E-state index contributed by atoms with van der Waals surface area (Å²) in [5.74, 6) is -2.12. The summed E-state index contributed by atoms with van der Waals surface area (Å²) in [6.45, 7) is 5.34. The number of nitrogens with one attached hydrogen (secondary N) is 2. The minimum absolute atomic E-state index is 0.00634. The highest BCUT2D eigenvalue weighted by atomic mass is 32.2. The minimum Gasteiger partial charge on any atom is -0.477 e. The molecule has 6 rings (SSSR count). The molecule has 0 radical (unpaired) electrons. The Kier molecular flexibility index (Phi) is 7.80. The van der Waals surface area contributed by atoms with Gasteiger partial charge >= 0.3 is 5.97 Å². The van der Waals surface area contributed by atoms with Gasteiger partial charge in [-0.05, 0) is 41.6 Å². The quantitative estimate of drug-likeness (QED) is 0.271. The van der Waals surface area contributed by atoms with Crippen LogP contribution in [-0.2, 0) is 25.7 Å². The first-order valence-corrected chi connectivity index (χ1v) is 15.7. The van der Waals surface area contributed by atoms with Crippen LogP contribution in [0.15, 0.2) is 28.1 Å². The Labute approximate surface area is 250 Å². The van der Waals surface area contributed by atoms with Crippen LogP contribution in [0.5, 0.6) is 0 Å². The first-order chi connectivity index (χ1) is 20.1. The second-order valence-electron chi connectivity index (χ2n) is 11.3. The predicted octanol–water partition coefficient (Wildman–Crippen LogP) is -0.297. The maximum Gasteiger partial charge on any atom is 0.353 e. The zero-order valence-electron chi connectivity index (χ0n) is 23.2. The molecule has 4 aliphatic heterocycles. The number of nitrogens with two attached hydrogens (primary N) is 1. The number of thiophene rings is 1. The second kappa shape index (κ2) is 11.4. The molecular formula is C26H33N9O5S2. The van der Waals surface area contributed by atoms with Gasteiger partial charge in [0.15, 0.2) is 5.82 Å². The number of fused-ring (bicyclic) bond motifs is 1. The average Bonchev–Trinajstić information content (AvgIpc) is 3.76. The Hall–Kier alpha value is -3.34. The third-order valence-electron chi connectivity index (χ3n) is 8.50. The smallest absolute Gasteiger partial charge is 0.353 e. The third kappa shape index (κ3) is 5.09. The van der Waals surface area contributed by atoms with E-state index < -0.39 is 17.9 Å². The summed E-state index contributed by atoms with van der Waals surface area (Å²) >= 11 is 2.90. The molecule has 0 spiro atoms. The van der Waals surface area contributed by atoms with Crippen molar-refractivity contribution in [3.63, 3.8) is 0 Å². The predicted molar refractivity (Wildman–Crippen MR) is 154 cm³/mol. The highest BCUT2D eigenvalue weighted by Crippen LogP contribution is 2.51. The lowest BCUT2D eigenvalue weighted by Crippen LogP contribution is -2.66. The molecule has 16 heteroatoms. The first kappa shape index (κ1) is 28.8.